The Labute approximate surface area is 87.2 Å². The van der Waals surface area contributed by atoms with Crippen LogP contribution < -0.4 is 14.2 Å². The zero-order valence-electron chi connectivity index (χ0n) is 8.73. The molecule has 1 N–H and O–H groups in total. The number of carbonyl (C=O) groups is 1. The molecule has 1 rings (SSSR count). The topological polar surface area (TPSA) is 65.0 Å². The van der Waals surface area contributed by atoms with Crippen molar-refractivity contribution in [2.45, 2.75) is 6.92 Å². The van der Waals surface area contributed by atoms with E-state index in [1.807, 2.05) is 0 Å². The summed E-state index contributed by atoms with van der Waals surface area (Å²) in [5.41, 5.74) is 0. The van der Waals surface area contributed by atoms with Gasteiger partial charge in [0, 0.05) is 19.1 Å². The molecule has 5 nitrogen and oxygen atoms in total. The van der Waals surface area contributed by atoms with E-state index in [0.717, 1.165) is 0 Å². The summed E-state index contributed by atoms with van der Waals surface area (Å²) in [5.74, 6) is 0.0921. The molecule has 0 amide bonds. The maximum Gasteiger partial charge on any atom is 0.308 e. The fourth-order valence-corrected chi connectivity index (χ4v) is 1.14. The molecule has 0 spiro atoms. The van der Waals surface area contributed by atoms with Gasteiger partial charge in [-0.05, 0) is 0 Å². The van der Waals surface area contributed by atoms with Gasteiger partial charge in [-0.15, -0.1) is 0 Å². The third-order valence-electron chi connectivity index (χ3n) is 1.69. The average molecular weight is 212 g/mol. The van der Waals surface area contributed by atoms with Gasteiger partial charge in [0.05, 0.1) is 14.2 Å². The lowest BCUT2D eigenvalue weighted by Gasteiger charge is -2.10. The van der Waals surface area contributed by atoms with Crippen LogP contribution in [0.3, 0.4) is 0 Å². The Bertz CT molecular complexity index is 372. The summed E-state index contributed by atoms with van der Waals surface area (Å²) < 4.78 is 14.7. The fraction of sp³-hybridized carbons (Fsp3) is 0.300. The van der Waals surface area contributed by atoms with Crippen LogP contribution in [0.5, 0.6) is 23.0 Å². The first-order valence-electron chi connectivity index (χ1n) is 4.22. The van der Waals surface area contributed by atoms with Gasteiger partial charge in [0.1, 0.15) is 5.75 Å². The lowest BCUT2D eigenvalue weighted by molar-refractivity contribution is -0.131. The van der Waals surface area contributed by atoms with Gasteiger partial charge in [0.2, 0.25) is 5.75 Å². The minimum Gasteiger partial charge on any atom is -0.504 e. The number of phenolic OH excluding ortho intramolecular Hbond substituents is 1. The van der Waals surface area contributed by atoms with Crippen LogP contribution in [0, 0.1) is 0 Å². The number of esters is 1. The predicted molar refractivity (Wildman–Crippen MR) is 52.5 cm³/mol. The first-order valence-corrected chi connectivity index (χ1v) is 4.22. The molecule has 5 heteroatoms. The van der Waals surface area contributed by atoms with Crippen molar-refractivity contribution in [2.75, 3.05) is 14.2 Å². The van der Waals surface area contributed by atoms with Crippen molar-refractivity contribution in [3.05, 3.63) is 12.1 Å². The highest BCUT2D eigenvalue weighted by Gasteiger charge is 2.13. The van der Waals surface area contributed by atoms with Crippen molar-refractivity contribution in [1.82, 2.24) is 0 Å². The van der Waals surface area contributed by atoms with Crippen molar-refractivity contribution in [2.24, 2.45) is 0 Å². The molecule has 0 bridgehead atoms. The summed E-state index contributed by atoms with van der Waals surface area (Å²) in [6, 6.07) is 2.74. The van der Waals surface area contributed by atoms with Gasteiger partial charge in [0.25, 0.3) is 0 Å². The number of phenols is 1. The molecule has 0 aliphatic carbocycles. The molecule has 1 aromatic rings. The monoisotopic (exact) mass is 212 g/mol. The van der Waals surface area contributed by atoms with Crippen molar-refractivity contribution >= 4 is 5.97 Å². The van der Waals surface area contributed by atoms with Crippen molar-refractivity contribution < 1.29 is 24.1 Å². The molecule has 1 aromatic carbocycles. The van der Waals surface area contributed by atoms with Crippen molar-refractivity contribution in [3.63, 3.8) is 0 Å². The number of ether oxygens (including phenoxy) is 3. The number of hydrogen-bond acceptors (Lipinski definition) is 5. The molecule has 0 unspecified atom stereocenters. The number of benzene rings is 1. The normalized spacial score (nSPS) is 9.53. The standard InChI is InChI=1S/C10H12O5/c1-6(11)15-7-4-8(12)10(14-3)9(5-7)13-2/h4-5,12H,1-3H3. The molecular formula is C10H12O5. The van der Waals surface area contributed by atoms with Gasteiger partial charge in [0.15, 0.2) is 11.5 Å². The SMILES string of the molecule is COc1cc(OC(C)=O)cc(O)c1OC. The minimum absolute atomic E-state index is 0.145. The van der Waals surface area contributed by atoms with Crippen molar-refractivity contribution in [1.29, 1.82) is 0 Å². The van der Waals surface area contributed by atoms with E-state index < -0.39 is 5.97 Å². The molecule has 0 saturated heterocycles. The van der Waals surface area contributed by atoms with Gasteiger partial charge in [-0.1, -0.05) is 0 Å². The summed E-state index contributed by atoms with van der Waals surface area (Å²) in [7, 11) is 2.83. The Morgan fingerprint density at radius 2 is 1.93 bits per heavy atom. The second-order valence-electron chi connectivity index (χ2n) is 2.77. The van der Waals surface area contributed by atoms with Crippen LogP contribution in [0.15, 0.2) is 12.1 Å². The highest BCUT2D eigenvalue weighted by Crippen LogP contribution is 2.39. The molecule has 0 aromatic heterocycles. The Hall–Kier alpha value is -1.91. The summed E-state index contributed by atoms with van der Waals surface area (Å²) >= 11 is 0. The average Bonchev–Trinajstić information content (AvgIpc) is 2.15. The van der Waals surface area contributed by atoms with E-state index in [9.17, 15) is 9.90 Å². The van der Waals surface area contributed by atoms with Gasteiger partial charge < -0.3 is 19.3 Å². The smallest absolute Gasteiger partial charge is 0.308 e. The maximum absolute atomic E-state index is 10.7. The quantitative estimate of drug-likeness (QED) is 0.605. The van der Waals surface area contributed by atoms with Gasteiger partial charge in [-0.25, -0.2) is 0 Å². The van der Waals surface area contributed by atoms with Crippen LogP contribution in [0.2, 0.25) is 0 Å². The molecule has 0 heterocycles. The lowest BCUT2D eigenvalue weighted by atomic mass is 10.2. The maximum atomic E-state index is 10.7. The summed E-state index contributed by atoms with van der Waals surface area (Å²) in [6.07, 6.45) is 0. The number of carbonyl (C=O) groups excluding carboxylic acids is 1. The summed E-state index contributed by atoms with van der Waals surface area (Å²) in [4.78, 5) is 10.7. The number of methoxy groups -OCH3 is 2. The van der Waals surface area contributed by atoms with E-state index in [1.165, 1.54) is 33.3 Å². The van der Waals surface area contributed by atoms with E-state index in [-0.39, 0.29) is 17.2 Å². The molecular weight excluding hydrogens is 200 g/mol. The molecule has 0 aliphatic heterocycles. The van der Waals surface area contributed by atoms with Crippen LogP contribution in [0.25, 0.3) is 0 Å². The van der Waals surface area contributed by atoms with E-state index in [1.54, 1.807) is 0 Å². The molecule has 0 fully saturated rings. The summed E-state index contributed by atoms with van der Waals surface area (Å²) in [6.45, 7) is 1.27. The van der Waals surface area contributed by atoms with Crippen LogP contribution in [0.1, 0.15) is 6.92 Å². The highest BCUT2D eigenvalue weighted by atomic mass is 16.5. The van der Waals surface area contributed by atoms with Crippen LogP contribution in [-0.4, -0.2) is 25.3 Å². The molecule has 0 radical (unpaired) electrons. The van der Waals surface area contributed by atoms with Crippen LogP contribution >= 0.6 is 0 Å². The Morgan fingerprint density at radius 1 is 1.27 bits per heavy atom. The Morgan fingerprint density at radius 3 is 2.40 bits per heavy atom. The minimum atomic E-state index is -0.471. The van der Waals surface area contributed by atoms with E-state index in [2.05, 4.69) is 0 Å². The molecule has 0 saturated carbocycles. The predicted octanol–water partition coefficient (Wildman–Crippen LogP) is 1.33. The van der Waals surface area contributed by atoms with Gasteiger partial charge >= 0.3 is 5.97 Å². The molecule has 15 heavy (non-hydrogen) atoms. The Balaban J connectivity index is 3.13. The van der Waals surface area contributed by atoms with Gasteiger partial charge in [-0.2, -0.15) is 0 Å². The molecule has 0 atom stereocenters. The van der Waals surface area contributed by atoms with E-state index in [4.69, 9.17) is 14.2 Å². The highest BCUT2D eigenvalue weighted by molar-refractivity contribution is 5.70. The third kappa shape index (κ3) is 2.52. The second kappa shape index (κ2) is 4.54. The molecule has 0 aliphatic rings. The Kier molecular flexibility index (Phi) is 3.38. The number of rotatable bonds is 3. The van der Waals surface area contributed by atoms with Crippen LogP contribution in [0.4, 0.5) is 0 Å². The van der Waals surface area contributed by atoms with E-state index >= 15 is 0 Å². The summed E-state index contributed by atoms with van der Waals surface area (Å²) in [5, 5.41) is 9.52. The van der Waals surface area contributed by atoms with Gasteiger partial charge in [-0.3, -0.25) is 4.79 Å². The zero-order valence-corrected chi connectivity index (χ0v) is 8.73. The molecule has 82 valence electrons. The number of aromatic hydroxyl groups is 1. The fourth-order valence-electron chi connectivity index (χ4n) is 1.14. The lowest BCUT2D eigenvalue weighted by Crippen LogP contribution is -2.02. The first kappa shape index (κ1) is 11.2. The first-order chi connectivity index (χ1) is 7.08. The largest absolute Gasteiger partial charge is 0.504 e. The second-order valence-corrected chi connectivity index (χ2v) is 2.77. The van der Waals surface area contributed by atoms with E-state index in [0.29, 0.717) is 5.75 Å². The van der Waals surface area contributed by atoms with Crippen molar-refractivity contribution in [3.8, 4) is 23.0 Å². The third-order valence-corrected chi connectivity index (χ3v) is 1.69. The number of hydrogen-bond donors (Lipinski definition) is 1. The van der Waals surface area contributed by atoms with Crippen LogP contribution in [-0.2, 0) is 4.79 Å². The zero-order chi connectivity index (χ0) is 11.4.